The summed E-state index contributed by atoms with van der Waals surface area (Å²) in [4.78, 5) is 12.2. The molecule has 0 spiro atoms. The summed E-state index contributed by atoms with van der Waals surface area (Å²) in [6.45, 7) is 3.87. The molecule has 2 aliphatic heterocycles. The van der Waals surface area contributed by atoms with Crippen molar-refractivity contribution < 1.29 is 39.4 Å². The number of carbonyl (C=O) groups excluding carboxylic acids is 1. The van der Waals surface area contributed by atoms with Crippen LogP contribution in [0.1, 0.15) is 31.9 Å². The van der Waals surface area contributed by atoms with Gasteiger partial charge in [-0.15, -0.1) is 0 Å². The van der Waals surface area contributed by atoms with Gasteiger partial charge in [-0.05, 0) is 36.6 Å². The molecule has 1 aromatic rings. The van der Waals surface area contributed by atoms with Gasteiger partial charge in [0.1, 0.15) is 35.9 Å². The number of phenols is 1. The van der Waals surface area contributed by atoms with Crippen LogP contribution in [0.25, 0.3) is 0 Å². The first-order valence-electron chi connectivity index (χ1n) is 9.50. The topological polar surface area (TPSA) is 126 Å². The summed E-state index contributed by atoms with van der Waals surface area (Å²) in [7, 11) is 0. The van der Waals surface area contributed by atoms with E-state index in [9.17, 15) is 25.2 Å². The van der Waals surface area contributed by atoms with Gasteiger partial charge in [-0.1, -0.05) is 26.0 Å². The van der Waals surface area contributed by atoms with Crippen molar-refractivity contribution >= 4 is 5.97 Å². The number of phenolic OH excluding ortho intramolecular Hbond substituents is 1. The van der Waals surface area contributed by atoms with E-state index >= 15 is 0 Å². The zero-order valence-corrected chi connectivity index (χ0v) is 16.3. The fourth-order valence-electron chi connectivity index (χ4n) is 3.12. The lowest BCUT2D eigenvalue weighted by Gasteiger charge is -2.35. The molecule has 8 nitrogen and oxygen atoms in total. The van der Waals surface area contributed by atoms with Gasteiger partial charge in [0.25, 0.3) is 0 Å². The lowest BCUT2D eigenvalue weighted by atomic mass is 10.0. The second kappa shape index (κ2) is 8.96. The molecule has 8 heteroatoms. The third-order valence-electron chi connectivity index (χ3n) is 4.70. The van der Waals surface area contributed by atoms with Crippen LogP contribution in [-0.2, 0) is 14.3 Å². The molecule has 1 fully saturated rings. The number of hydrogen-bond donors (Lipinski definition) is 4. The molecule has 2 aliphatic rings. The van der Waals surface area contributed by atoms with Crippen molar-refractivity contribution in [1.29, 1.82) is 0 Å². The number of esters is 1. The Morgan fingerprint density at radius 2 is 2.00 bits per heavy atom. The highest BCUT2D eigenvalue weighted by molar-refractivity contribution is 5.91. The van der Waals surface area contributed by atoms with Gasteiger partial charge in [-0.3, -0.25) is 0 Å². The van der Waals surface area contributed by atoms with Crippen LogP contribution >= 0.6 is 0 Å². The first-order valence-corrected chi connectivity index (χ1v) is 9.50. The van der Waals surface area contributed by atoms with Gasteiger partial charge in [-0.2, -0.15) is 0 Å². The first-order chi connectivity index (χ1) is 13.8. The number of carbonyl (C=O) groups is 1. The molecule has 5 atom stereocenters. The maximum Gasteiger partial charge on any atom is 0.335 e. The van der Waals surface area contributed by atoms with E-state index in [1.165, 1.54) is 18.2 Å². The molecule has 0 aliphatic carbocycles. The van der Waals surface area contributed by atoms with Crippen LogP contribution in [0.15, 0.2) is 42.0 Å². The van der Waals surface area contributed by atoms with Crippen molar-refractivity contribution in [3.8, 4) is 11.5 Å². The smallest absolute Gasteiger partial charge is 0.335 e. The minimum absolute atomic E-state index is 0.0504. The third kappa shape index (κ3) is 4.97. The molecule has 1 saturated heterocycles. The number of aliphatic hydroxyl groups excluding tert-OH is 3. The van der Waals surface area contributed by atoms with Gasteiger partial charge in [0, 0.05) is 11.1 Å². The summed E-state index contributed by atoms with van der Waals surface area (Å²) in [5.41, 5.74) is 0.867. The van der Waals surface area contributed by atoms with Crippen molar-refractivity contribution in [3.63, 3.8) is 0 Å². The van der Waals surface area contributed by atoms with Crippen molar-refractivity contribution in [2.24, 2.45) is 5.92 Å². The lowest BCUT2D eigenvalue weighted by molar-refractivity contribution is -0.242. The van der Waals surface area contributed by atoms with Gasteiger partial charge in [0.05, 0.1) is 6.61 Å². The van der Waals surface area contributed by atoms with E-state index in [0.717, 1.165) is 0 Å². The quantitative estimate of drug-likeness (QED) is 0.412. The van der Waals surface area contributed by atoms with E-state index in [1.54, 1.807) is 6.08 Å². The van der Waals surface area contributed by atoms with Crippen LogP contribution in [0.4, 0.5) is 0 Å². The van der Waals surface area contributed by atoms with Gasteiger partial charge in [0.15, 0.2) is 0 Å². The van der Waals surface area contributed by atoms with E-state index in [-0.39, 0.29) is 18.1 Å². The average molecular weight is 406 g/mol. The van der Waals surface area contributed by atoms with Gasteiger partial charge in [0.2, 0.25) is 6.29 Å². The summed E-state index contributed by atoms with van der Waals surface area (Å²) in [6.07, 6.45) is -0.136. The van der Waals surface area contributed by atoms with Crippen LogP contribution in [0.2, 0.25) is 0 Å². The summed E-state index contributed by atoms with van der Waals surface area (Å²) >= 11 is 0. The molecular weight excluding hydrogens is 380 g/mol. The molecule has 0 radical (unpaired) electrons. The predicted octanol–water partition coefficient (Wildman–Crippen LogP) is 1.34. The summed E-state index contributed by atoms with van der Waals surface area (Å²) in [6, 6.07) is 4.24. The largest absolute Gasteiger partial charge is 0.508 e. The Morgan fingerprint density at radius 1 is 1.24 bits per heavy atom. The highest BCUT2D eigenvalue weighted by atomic mass is 16.7. The molecule has 0 bridgehead atoms. The predicted molar refractivity (Wildman–Crippen MR) is 102 cm³/mol. The van der Waals surface area contributed by atoms with E-state index in [1.807, 2.05) is 26.0 Å². The van der Waals surface area contributed by atoms with Crippen molar-refractivity contribution in [3.05, 3.63) is 47.6 Å². The van der Waals surface area contributed by atoms with Crippen molar-refractivity contribution in [1.82, 2.24) is 0 Å². The minimum atomic E-state index is -1.47. The second-order valence-electron chi connectivity index (χ2n) is 7.48. The van der Waals surface area contributed by atoms with Crippen LogP contribution in [0.5, 0.6) is 11.5 Å². The molecule has 0 saturated carbocycles. The Morgan fingerprint density at radius 3 is 2.72 bits per heavy atom. The maximum absolute atomic E-state index is 12.2. The number of ether oxygens (including phenoxy) is 3. The van der Waals surface area contributed by atoms with Crippen LogP contribution in [0, 0.1) is 5.92 Å². The molecule has 158 valence electrons. The number of cyclic esters (lactones) is 1. The molecule has 3 rings (SSSR count). The summed E-state index contributed by atoms with van der Waals surface area (Å²) < 4.78 is 16.4. The molecule has 29 heavy (non-hydrogen) atoms. The lowest BCUT2D eigenvalue weighted by Crippen LogP contribution is -2.54. The molecule has 0 aromatic heterocycles. The zero-order chi connectivity index (χ0) is 21.1. The fourth-order valence-corrected chi connectivity index (χ4v) is 3.12. The third-order valence-corrected chi connectivity index (χ3v) is 4.70. The number of aromatic hydroxyl groups is 1. The normalized spacial score (nSPS) is 29.9. The fraction of sp³-hybridized carbons (Fsp3) is 0.476. The van der Waals surface area contributed by atoms with Gasteiger partial charge in [-0.25, -0.2) is 4.79 Å². The highest BCUT2D eigenvalue weighted by Gasteiger charge is 2.39. The molecular formula is C21H26O8. The van der Waals surface area contributed by atoms with Crippen molar-refractivity contribution in [2.75, 3.05) is 6.61 Å². The Kier molecular flexibility index (Phi) is 6.59. The van der Waals surface area contributed by atoms with E-state index in [2.05, 4.69) is 0 Å². The maximum atomic E-state index is 12.2. The Hall–Kier alpha value is -2.39. The van der Waals surface area contributed by atoms with E-state index in [4.69, 9.17) is 14.2 Å². The Balaban J connectivity index is 1.80. The SMILES string of the molecule is CC(C)/C=C\CC1=C[C@@H](c2cc(O)ccc2O[C@@H]2OC[C@@H](O)[C@H](O)[C@H]2O)OC1=O. The van der Waals surface area contributed by atoms with E-state index in [0.29, 0.717) is 23.5 Å². The van der Waals surface area contributed by atoms with Crippen LogP contribution in [0.3, 0.4) is 0 Å². The number of hydrogen-bond acceptors (Lipinski definition) is 8. The average Bonchev–Trinajstić information content (AvgIpc) is 3.03. The first kappa shape index (κ1) is 21.3. The minimum Gasteiger partial charge on any atom is -0.508 e. The number of benzene rings is 1. The van der Waals surface area contributed by atoms with E-state index < -0.39 is 36.7 Å². The second-order valence-corrected chi connectivity index (χ2v) is 7.48. The number of aliphatic hydroxyl groups is 3. The number of rotatable bonds is 6. The van der Waals surface area contributed by atoms with Gasteiger partial charge >= 0.3 is 5.97 Å². The molecule has 4 N–H and O–H groups in total. The standard InChI is InChI=1S/C21H26O8/c1-11(2)4-3-5-12-8-17(28-20(12)26)14-9-13(22)6-7-16(14)29-21-19(25)18(24)15(23)10-27-21/h3-4,6-9,11,15,17-19,21-25H,5,10H2,1-2H3/b4-3-/t15-,17+,18+,19-,21+/m1/s1. The number of allylic oxidation sites excluding steroid dienone is 2. The summed E-state index contributed by atoms with van der Waals surface area (Å²) in [5.74, 6) is 0.0739. The Labute approximate surface area is 168 Å². The summed E-state index contributed by atoms with van der Waals surface area (Å²) in [5, 5.41) is 39.4. The van der Waals surface area contributed by atoms with Crippen LogP contribution < -0.4 is 4.74 Å². The molecule has 2 heterocycles. The van der Waals surface area contributed by atoms with Crippen LogP contribution in [-0.4, -0.2) is 57.6 Å². The Bertz CT molecular complexity index is 800. The molecule has 0 unspecified atom stereocenters. The monoisotopic (exact) mass is 406 g/mol. The molecule has 1 aromatic carbocycles. The zero-order valence-electron chi connectivity index (χ0n) is 16.3. The highest BCUT2D eigenvalue weighted by Crippen LogP contribution is 2.38. The molecule has 0 amide bonds. The van der Waals surface area contributed by atoms with Gasteiger partial charge < -0.3 is 34.6 Å². The van der Waals surface area contributed by atoms with Crippen molar-refractivity contribution in [2.45, 2.75) is 51.0 Å².